The van der Waals surface area contributed by atoms with E-state index in [9.17, 15) is 14.4 Å². The van der Waals surface area contributed by atoms with Crippen molar-refractivity contribution >= 4 is 23.5 Å². The van der Waals surface area contributed by atoms with Crippen LogP contribution in [0.2, 0.25) is 0 Å². The van der Waals surface area contributed by atoms with Crippen LogP contribution in [0.25, 0.3) is 0 Å². The van der Waals surface area contributed by atoms with E-state index in [1.165, 1.54) is 18.2 Å². The van der Waals surface area contributed by atoms with Crippen LogP contribution in [0.15, 0.2) is 18.2 Å². The number of carboxylic acids is 1. The van der Waals surface area contributed by atoms with E-state index < -0.39 is 5.97 Å². The van der Waals surface area contributed by atoms with Crippen molar-refractivity contribution in [3.8, 4) is 0 Å². The minimum Gasteiger partial charge on any atom is -0.478 e. The van der Waals surface area contributed by atoms with Crippen LogP contribution in [0.4, 0.5) is 5.69 Å². The van der Waals surface area contributed by atoms with Gasteiger partial charge in [-0.3, -0.25) is 9.59 Å². The van der Waals surface area contributed by atoms with E-state index in [-0.39, 0.29) is 29.2 Å². The van der Waals surface area contributed by atoms with Crippen LogP contribution in [0, 0.1) is 18.8 Å². The van der Waals surface area contributed by atoms with Gasteiger partial charge in [-0.25, -0.2) is 9.69 Å². The molecule has 1 aromatic carbocycles. The molecule has 1 aliphatic heterocycles. The van der Waals surface area contributed by atoms with Crippen LogP contribution in [0.1, 0.15) is 29.8 Å². The number of rotatable bonds is 2. The third-order valence-corrected chi connectivity index (χ3v) is 3.65. The SMILES string of the molecule is Cc1cc(C(=O)O)ccc1N1C(=O)C(C)C(C)C1=O. The number of carbonyl (C=O) groups is 3. The Bertz CT molecular complexity index is 559. The molecule has 1 fully saturated rings. The maximum atomic E-state index is 12.1. The molecule has 5 nitrogen and oxygen atoms in total. The average molecular weight is 261 g/mol. The molecule has 0 saturated carbocycles. The van der Waals surface area contributed by atoms with E-state index >= 15 is 0 Å². The molecule has 1 heterocycles. The molecule has 2 amide bonds. The number of benzene rings is 1. The highest BCUT2D eigenvalue weighted by Crippen LogP contribution is 2.32. The Morgan fingerprint density at radius 1 is 1.16 bits per heavy atom. The molecular weight excluding hydrogens is 246 g/mol. The number of nitrogens with zero attached hydrogens (tertiary/aromatic N) is 1. The van der Waals surface area contributed by atoms with Gasteiger partial charge in [0.15, 0.2) is 0 Å². The number of hydrogen-bond donors (Lipinski definition) is 1. The lowest BCUT2D eigenvalue weighted by Crippen LogP contribution is -2.31. The van der Waals surface area contributed by atoms with Crippen LogP contribution in [-0.4, -0.2) is 22.9 Å². The molecule has 5 heteroatoms. The predicted molar refractivity (Wildman–Crippen MR) is 69.0 cm³/mol. The second kappa shape index (κ2) is 4.50. The zero-order chi connectivity index (χ0) is 14.3. The molecule has 0 spiro atoms. The molecule has 1 saturated heterocycles. The van der Waals surface area contributed by atoms with Crippen LogP contribution in [0.5, 0.6) is 0 Å². The van der Waals surface area contributed by atoms with Crippen molar-refractivity contribution in [3.05, 3.63) is 29.3 Å². The van der Waals surface area contributed by atoms with Gasteiger partial charge in [-0.2, -0.15) is 0 Å². The number of carbonyl (C=O) groups excluding carboxylic acids is 2. The molecule has 0 bridgehead atoms. The van der Waals surface area contributed by atoms with E-state index in [0.29, 0.717) is 11.3 Å². The molecule has 2 unspecified atom stereocenters. The van der Waals surface area contributed by atoms with Gasteiger partial charge < -0.3 is 5.11 Å². The fraction of sp³-hybridized carbons (Fsp3) is 0.357. The van der Waals surface area contributed by atoms with Crippen molar-refractivity contribution < 1.29 is 19.5 Å². The number of aryl methyl sites for hydroxylation is 1. The molecule has 0 radical (unpaired) electrons. The largest absolute Gasteiger partial charge is 0.478 e. The van der Waals surface area contributed by atoms with Gasteiger partial charge >= 0.3 is 5.97 Å². The zero-order valence-corrected chi connectivity index (χ0v) is 11.0. The summed E-state index contributed by atoms with van der Waals surface area (Å²) in [5.74, 6) is -2.18. The first-order valence-corrected chi connectivity index (χ1v) is 6.06. The van der Waals surface area contributed by atoms with Gasteiger partial charge in [-0.05, 0) is 30.7 Å². The third-order valence-electron chi connectivity index (χ3n) is 3.65. The first-order chi connectivity index (χ1) is 8.84. The molecule has 1 N–H and O–H groups in total. The van der Waals surface area contributed by atoms with Crippen molar-refractivity contribution in [2.75, 3.05) is 4.90 Å². The summed E-state index contributed by atoms with van der Waals surface area (Å²) < 4.78 is 0. The molecule has 19 heavy (non-hydrogen) atoms. The summed E-state index contributed by atoms with van der Waals surface area (Å²) in [5.41, 5.74) is 1.21. The lowest BCUT2D eigenvalue weighted by atomic mass is 10.00. The average Bonchev–Trinajstić information content (AvgIpc) is 2.55. The van der Waals surface area contributed by atoms with E-state index in [4.69, 9.17) is 5.11 Å². The normalized spacial score (nSPS) is 23.0. The minimum absolute atomic E-state index is 0.140. The van der Waals surface area contributed by atoms with Crippen molar-refractivity contribution in [2.45, 2.75) is 20.8 Å². The Kier molecular flexibility index (Phi) is 3.14. The van der Waals surface area contributed by atoms with Crippen LogP contribution in [-0.2, 0) is 9.59 Å². The summed E-state index contributed by atoms with van der Waals surface area (Å²) in [7, 11) is 0. The van der Waals surface area contributed by atoms with Crippen molar-refractivity contribution in [2.24, 2.45) is 11.8 Å². The second-order valence-corrected chi connectivity index (χ2v) is 4.90. The number of hydrogen-bond acceptors (Lipinski definition) is 3. The van der Waals surface area contributed by atoms with Gasteiger partial charge in [0.1, 0.15) is 0 Å². The Labute approximate surface area is 110 Å². The highest BCUT2D eigenvalue weighted by molar-refractivity contribution is 6.22. The highest BCUT2D eigenvalue weighted by atomic mass is 16.4. The zero-order valence-electron chi connectivity index (χ0n) is 11.0. The van der Waals surface area contributed by atoms with Gasteiger partial charge in [0.25, 0.3) is 0 Å². The van der Waals surface area contributed by atoms with Crippen LogP contribution < -0.4 is 4.90 Å². The molecule has 2 atom stereocenters. The summed E-state index contributed by atoms with van der Waals surface area (Å²) in [6.07, 6.45) is 0. The maximum Gasteiger partial charge on any atom is 0.335 e. The molecule has 0 aliphatic carbocycles. The highest BCUT2D eigenvalue weighted by Gasteiger charge is 2.43. The van der Waals surface area contributed by atoms with Crippen LogP contribution in [0.3, 0.4) is 0 Å². The fourth-order valence-electron chi connectivity index (χ4n) is 2.22. The van der Waals surface area contributed by atoms with Crippen molar-refractivity contribution in [1.82, 2.24) is 0 Å². The fourth-order valence-corrected chi connectivity index (χ4v) is 2.22. The van der Waals surface area contributed by atoms with E-state index in [2.05, 4.69) is 0 Å². The Balaban J connectivity index is 2.46. The summed E-state index contributed by atoms with van der Waals surface area (Å²) >= 11 is 0. The maximum absolute atomic E-state index is 12.1. The Morgan fingerprint density at radius 3 is 2.11 bits per heavy atom. The Hall–Kier alpha value is -2.17. The first kappa shape index (κ1) is 13.3. The van der Waals surface area contributed by atoms with Crippen molar-refractivity contribution in [3.63, 3.8) is 0 Å². The molecule has 0 aromatic heterocycles. The molecular formula is C14H15NO4. The summed E-state index contributed by atoms with van der Waals surface area (Å²) in [4.78, 5) is 36.2. The lowest BCUT2D eigenvalue weighted by Gasteiger charge is -2.17. The topological polar surface area (TPSA) is 74.7 Å². The number of anilines is 1. The predicted octanol–water partition coefficient (Wildman–Crippen LogP) is 1.84. The second-order valence-electron chi connectivity index (χ2n) is 4.90. The monoisotopic (exact) mass is 261 g/mol. The number of carboxylic acid groups (broad SMARTS) is 1. The Morgan fingerprint density at radius 2 is 1.68 bits per heavy atom. The summed E-state index contributed by atoms with van der Waals surface area (Å²) in [6.45, 7) is 5.15. The van der Waals surface area contributed by atoms with E-state index in [1.54, 1.807) is 20.8 Å². The van der Waals surface area contributed by atoms with E-state index in [0.717, 1.165) is 4.90 Å². The first-order valence-electron chi connectivity index (χ1n) is 6.06. The van der Waals surface area contributed by atoms with Crippen LogP contribution >= 0.6 is 0 Å². The smallest absolute Gasteiger partial charge is 0.335 e. The third kappa shape index (κ3) is 2.01. The number of imide groups is 1. The lowest BCUT2D eigenvalue weighted by molar-refractivity contribution is -0.122. The molecule has 1 aliphatic rings. The van der Waals surface area contributed by atoms with Gasteiger partial charge in [-0.15, -0.1) is 0 Å². The van der Waals surface area contributed by atoms with Gasteiger partial charge in [0.05, 0.1) is 11.3 Å². The number of aromatic carboxylic acids is 1. The van der Waals surface area contributed by atoms with E-state index in [1.807, 2.05) is 0 Å². The molecule has 1 aromatic rings. The van der Waals surface area contributed by atoms with Crippen molar-refractivity contribution in [1.29, 1.82) is 0 Å². The van der Waals surface area contributed by atoms with Gasteiger partial charge in [0, 0.05) is 11.8 Å². The molecule has 100 valence electrons. The van der Waals surface area contributed by atoms with Gasteiger partial charge in [-0.1, -0.05) is 13.8 Å². The van der Waals surface area contributed by atoms with Gasteiger partial charge in [0.2, 0.25) is 11.8 Å². The summed E-state index contributed by atoms with van der Waals surface area (Å²) in [5, 5.41) is 8.91. The molecule has 2 rings (SSSR count). The standard InChI is InChI=1S/C14H15NO4/c1-7-6-10(14(18)19)4-5-11(7)15-12(16)8(2)9(3)13(15)17/h4-6,8-9H,1-3H3,(H,18,19). The summed E-state index contributed by atoms with van der Waals surface area (Å²) in [6, 6.07) is 4.38. The number of amides is 2. The quantitative estimate of drug-likeness (QED) is 0.824. The minimum atomic E-state index is -1.03.